The van der Waals surface area contributed by atoms with Crippen molar-refractivity contribution in [2.75, 3.05) is 6.61 Å². The predicted octanol–water partition coefficient (Wildman–Crippen LogP) is 4.91. The van der Waals surface area contributed by atoms with E-state index < -0.39 is 48.7 Å². The fraction of sp³-hybridized carbons (Fsp3) is 0.321. The molecule has 6 nitrogen and oxygen atoms in total. The van der Waals surface area contributed by atoms with E-state index in [4.69, 9.17) is 18.9 Å². The van der Waals surface area contributed by atoms with Gasteiger partial charge in [0.15, 0.2) is 12.6 Å². The van der Waals surface area contributed by atoms with Gasteiger partial charge in [0.05, 0.1) is 18.8 Å². The van der Waals surface area contributed by atoms with Crippen molar-refractivity contribution >= 4 is 6.21 Å². The minimum atomic E-state index is -4.55. The van der Waals surface area contributed by atoms with Gasteiger partial charge in [0.1, 0.15) is 24.4 Å². The van der Waals surface area contributed by atoms with E-state index in [-0.39, 0.29) is 18.8 Å². The molecular formula is C28H26F3NO5. The van der Waals surface area contributed by atoms with Gasteiger partial charge < -0.3 is 24.1 Å². The number of nitrogens with zero attached hydrogens (tertiary/aromatic N) is 1. The quantitative estimate of drug-likeness (QED) is 0.475. The zero-order chi connectivity index (χ0) is 25.8. The van der Waals surface area contributed by atoms with E-state index in [0.717, 1.165) is 23.4 Å². The molecule has 0 saturated carbocycles. The fourth-order valence-corrected chi connectivity index (χ4v) is 4.44. The zero-order valence-corrected chi connectivity index (χ0v) is 19.7. The number of halogens is 3. The molecule has 3 aromatic carbocycles. The summed E-state index contributed by atoms with van der Waals surface area (Å²) in [5.74, 6) is 0. The van der Waals surface area contributed by atoms with Crippen LogP contribution in [0.1, 0.15) is 28.5 Å². The molecule has 2 fully saturated rings. The first kappa shape index (κ1) is 25.6. The Hall–Kier alpha value is -3.08. The van der Waals surface area contributed by atoms with Gasteiger partial charge in [0.25, 0.3) is 0 Å². The second kappa shape index (κ2) is 11.1. The Morgan fingerprint density at radius 3 is 2.32 bits per heavy atom. The van der Waals surface area contributed by atoms with Gasteiger partial charge in [-0.3, -0.25) is 4.99 Å². The number of aliphatic hydroxyl groups excluding tert-OH is 1. The largest absolute Gasteiger partial charge is 0.417 e. The van der Waals surface area contributed by atoms with Crippen LogP contribution < -0.4 is 0 Å². The van der Waals surface area contributed by atoms with Gasteiger partial charge in [-0.1, -0.05) is 78.9 Å². The van der Waals surface area contributed by atoms with Crippen LogP contribution in [-0.2, 0) is 31.7 Å². The highest BCUT2D eigenvalue weighted by molar-refractivity contribution is 5.82. The standard InChI is InChI=1S/C28H26F3NO5/c29-28(30,31)21-14-8-7-13-20(21)15-32-23-24(33)25-22(17-35-26(37-25)19-11-5-2-6-12-19)36-27(23)34-16-18-9-3-1-4-10-18/h1-15,22-27,33H,16-17H2/t22-,23-,24-,25-,26?,27+/m1/s1. The Balaban J connectivity index is 1.40. The maximum atomic E-state index is 13.5. The topological polar surface area (TPSA) is 69.5 Å². The number of hydrogen-bond acceptors (Lipinski definition) is 6. The number of rotatable bonds is 6. The number of alkyl halides is 3. The van der Waals surface area contributed by atoms with Crippen LogP contribution in [0.3, 0.4) is 0 Å². The Labute approximate surface area is 212 Å². The van der Waals surface area contributed by atoms with Crippen LogP contribution in [0.5, 0.6) is 0 Å². The molecule has 1 unspecified atom stereocenters. The minimum absolute atomic E-state index is 0.124. The lowest BCUT2D eigenvalue weighted by molar-refractivity contribution is -0.343. The molecule has 9 heteroatoms. The van der Waals surface area contributed by atoms with Crippen LogP contribution >= 0.6 is 0 Å². The molecule has 0 aliphatic carbocycles. The average Bonchev–Trinajstić information content (AvgIpc) is 2.92. The molecule has 6 atom stereocenters. The van der Waals surface area contributed by atoms with E-state index in [1.165, 1.54) is 18.2 Å². The van der Waals surface area contributed by atoms with Crippen LogP contribution in [0.15, 0.2) is 89.9 Å². The molecule has 0 aromatic heterocycles. The Bertz CT molecular complexity index is 1190. The van der Waals surface area contributed by atoms with E-state index >= 15 is 0 Å². The molecule has 2 aliphatic rings. The van der Waals surface area contributed by atoms with Crippen molar-refractivity contribution in [3.05, 3.63) is 107 Å². The zero-order valence-electron chi connectivity index (χ0n) is 19.7. The van der Waals surface area contributed by atoms with Gasteiger partial charge in [-0.25, -0.2) is 0 Å². The molecule has 37 heavy (non-hydrogen) atoms. The van der Waals surface area contributed by atoms with E-state index in [9.17, 15) is 18.3 Å². The summed E-state index contributed by atoms with van der Waals surface area (Å²) in [6.07, 6.45) is -7.90. The van der Waals surface area contributed by atoms with Gasteiger partial charge in [0, 0.05) is 17.3 Å². The third kappa shape index (κ3) is 5.92. The monoisotopic (exact) mass is 513 g/mol. The number of ether oxygens (including phenoxy) is 4. The molecule has 3 aromatic rings. The van der Waals surface area contributed by atoms with Gasteiger partial charge in [-0.2, -0.15) is 13.2 Å². The van der Waals surface area contributed by atoms with Crippen LogP contribution in [0.4, 0.5) is 13.2 Å². The molecule has 2 saturated heterocycles. The van der Waals surface area contributed by atoms with Crippen LogP contribution in [0.2, 0.25) is 0 Å². The maximum Gasteiger partial charge on any atom is 0.417 e. The molecular weight excluding hydrogens is 487 g/mol. The number of benzene rings is 3. The SMILES string of the molecule is O[C@@H]1[C@@H](N=Cc2ccccc2C(F)(F)F)[C@@H](OCc2ccccc2)O[C@@H]2COC(c3ccccc3)O[C@@H]12. The molecule has 0 spiro atoms. The lowest BCUT2D eigenvalue weighted by Gasteiger charge is -2.46. The van der Waals surface area contributed by atoms with Gasteiger partial charge in [-0.15, -0.1) is 0 Å². The molecule has 194 valence electrons. The lowest BCUT2D eigenvalue weighted by atomic mass is 9.96. The summed E-state index contributed by atoms with van der Waals surface area (Å²) in [7, 11) is 0. The summed E-state index contributed by atoms with van der Waals surface area (Å²) < 4.78 is 64.5. The summed E-state index contributed by atoms with van der Waals surface area (Å²) in [6, 6.07) is 22.7. The number of aliphatic imine (C=N–C) groups is 1. The van der Waals surface area contributed by atoms with Crippen LogP contribution in [-0.4, -0.2) is 48.6 Å². The molecule has 2 aliphatic heterocycles. The first-order valence-corrected chi connectivity index (χ1v) is 11.9. The third-order valence-corrected chi connectivity index (χ3v) is 6.31. The third-order valence-electron chi connectivity index (χ3n) is 6.31. The summed E-state index contributed by atoms with van der Waals surface area (Å²) in [6.45, 7) is 0.301. The predicted molar refractivity (Wildman–Crippen MR) is 129 cm³/mol. The van der Waals surface area contributed by atoms with Crippen LogP contribution in [0, 0.1) is 0 Å². The normalized spacial score (nSPS) is 28.2. The van der Waals surface area contributed by atoms with Crippen molar-refractivity contribution in [1.29, 1.82) is 0 Å². The number of fused-ring (bicyclic) bond motifs is 1. The Morgan fingerprint density at radius 2 is 1.59 bits per heavy atom. The van der Waals surface area contributed by atoms with Crippen molar-refractivity contribution < 1.29 is 37.2 Å². The lowest BCUT2D eigenvalue weighted by Crippen LogP contribution is -2.61. The fourth-order valence-electron chi connectivity index (χ4n) is 4.44. The van der Waals surface area contributed by atoms with E-state index in [1.807, 2.05) is 60.7 Å². The highest BCUT2D eigenvalue weighted by atomic mass is 19.4. The second-order valence-electron chi connectivity index (χ2n) is 8.86. The van der Waals surface area contributed by atoms with Crippen molar-refractivity contribution in [2.45, 2.75) is 49.7 Å². The summed E-state index contributed by atoms with van der Waals surface area (Å²) in [5.41, 5.74) is 0.695. The minimum Gasteiger partial charge on any atom is -0.388 e. The van der Waals surface area contributed by atoms with Gasteiger partial charge in [-0.05, 0) is 11.6 Å². The number of hydrogen-bond donors (Lipinski definition) is 1. The maximum absolute atomic E-state index is 13.5. The molecule has 0 bridgehead atoms. The summed E-state index contributed by atoms with van der Waals surface area (Å²) >= 11 is 0. The highest BCUT2D eigenvalue weighted by Crippen LogP contribution is 2.36. The second-order valence-corrected chi connectivity index (χ2v) is 8.86. The van der Waals surface area contributed by atoms with E-state index in [0.29, 0.717) is 0 Å². The first-order chi connectivity index (χ1) is 17.9. The molecule has 5 rings (SSSR count). The Kier molecular flexibility index (Phi) is 7.68. The summed E-state index contributed by atoms with van der Waals surface area (Å²) in [4.78, 5) is 4.35. The van der Waals surface area contributed by atoms with Crippen molar-refractivity contribution in [3.8, 4) is 0 Å². The van der Waals surface area contributed by atoms with E-state index in [1.54, 1.807) is 0 Å². The van der Waals surface area contributed by atoms with E-state index in [2.05, 4.69) is 4.99 Å². The van der Waals surface area contributed by atoms with Crippen molar-refractivity contribution in [1.82, 2.24) is 0 Å². The summed E-state index contributed by atoms with van der Waals surface area (Å²) in [5, 5.41) is 11.3. The van der Waals surface area contributed by atoms with Crippen molar-refractivity contribution in [3.63, 3.8) is 0 Å². The molecule has 0 amide bonds. The highest BCUT2D eigenvalue weighted by Gasteiger charge is 2.50. The average molecular weight is 514 g/mol. The van der Waals surface area contributed by atoms with Crippen LogP contribution in [0.25, 0.3) is 0 Å². The molecule has 2 heterocycles. The number of aliphatic hydroxyl groups is 1. The Morgan fingerprint density at radius 1 is 0.919 bits per heavy atom. The van der Waals surface area contributed by atoms with Gasteiger partial charge >= 0.3 is 6.18 Å². The first-order valence-electron chi connectivity index (χ1n) is 11.9. The molecule has 1 N–H and O–H groups in total. The molecule has 0 radical (unpaired) electrons. The van der Waals surface area contributed by atoms with Crippen molar-refractivity contribution in [2.24, 2.45) is 4.99 Å². The smallest absolute Gasteiger partial charge is 0.388 e. The van der Waals surface area contributed by atoms with Gasteiger partial charge in [0.2, 0.25) is 0 Å².